The number of hydrogen-bond acceptors (Lipinski definition) is 5. The lowest BCUT2D eigenvalue weighted by atomic mass is 10.1. The second-order valence-electron chi connectivity index (χ2n) is 5.98. The first-order valence-corrected chi connectivity index (χ1v) is 10.1. The number of rotatable bonds is 6. The first-order chi connectivity index (χ1) is 13.1. The molecule has 4 nitrogen and oxygen atoms in total. The number of methoxy groups -OCH3 is 1. The molecular formula is C21H22N2O2S2. The SMILES string of the molecule is CCN(CC)c1ccc(C=C2SC(=S)N(c3ccc(OC)cc3)C2=O)cc1. The molecule has 0 bridgehead atoms. The Morgan fingerprint density at radius 3 is 2.26 bits per heavy atom. The summed E-state index contributed by atoms with van der Waals surface area (Å²) in [6.45, 7) is 6.22. The van der Waals surface area contributed by atoms with Crippen LogP contribution in [-0.2, 0) is 4.79 Å². The van der Waals surface area contributed by atoms with Crippen LogP contribution in [0.25, 0.3) is 6.08 Å². The number of nitrogens with zero attached hydrogens (tertiary/aromatic N) is 2. The van der Waals surface area contributed by atoms with Gasteiger partial charge in [-0.2, -0.15) is 0 Å². The van der Waals surface area contributed by atoms with Crippen molar-refractivity contribution in [1.82, 2.24) is 0 Å². The van der Waals surface area contributed by atoms with Gasteiger partial charge in [-0.05, 0) is 61.9 Å². The monoisotopic (exact) mass is 398 g/mol. The number of carbonyl (C=O) groups is 1. The zero-order chi connectivity index (χ0) is 19.4. The average molecular weight is 399 g/mol. The summed E-state index contributed by atoms with van der Waals surface area (Å²) in [5.74, 6) is 0.649. The van der Waals surface area contributed by atoms with Crippen molar-refractivity contribution < 1.29 is 9.53 Å². The third-order valence-electron chi connectivity index (χ3n) is 4.44. The van der Waals surface area contributed by atoms with Crippen molar-refractivity contribution in [2.24, 2.45) is 0 Å². The number of thiocarbonyl (C=S) groups is 1. The van der Waals surface area contributed by atoms with Crippen molar-refractivity contribution >= 4 is 51.7 Å². The molecule has 2 aromatic carbocycles. The molecule has 0 spiro atoms. The van der Waals surface area contributed by atoms with E-state index in [1.165, 1.54) is 17.4 Å². The highest BCUT2D eigenvalue weighted by Gasteiger charge is 2.33. The molecule has 6 heteroatoms. The molecule has 1 aliphatic rings. The van der Waals surface area contributed by atoms with Gasteiger partial charge in [-0.3, -0.25) is 9.69 Å². The first-order valence-electron chi connectivity index (χ1n) is 8.84. The molecule has 1 heterocycles. The minimum atomic E-state index is -0.0945. The van der Waals surface area contributed by atoms with E-state index in [-0.39, 0.29) is 5.91 Å². The predicted molar refractivity (Wildman–Crippen MR) is 119 cm³/mol. The minimum absolute atomic E-state index is 0.0945. The quantitative estimate of drug-likeness (QED) is 0.508. The smallest absolute Gasteiger partial charge is 0.270 e. The highest BCUT2D eigenvalue weighted by Crippen LogP contribution is 2.36. The van der Waals surface area contributed by atoms with Gasteiger partial charge in [-0.1, -0.05) is 36.1 Å². The van der Waals surface area contributed by atoms with Crippen LogP contribution in [0, 0.1) is 0 Å². The van der Waals surface area contributed by atoms with Gasteiger partial charge in [0.25, 0.3) is 5.91 Å². The Bertz CT molecular complexity index is 857. The van der Waals surface area contributed by atoms with Gasteiger partial charge in [-0.15, -0.1) is 0 Å². The minimum Gasteiger partial charge on any atom is -0.497 e. The molecule has 0 aliphatic carbocycles. The summed E-state index contributed by atoms with van der Waals surface area (Å²) in [4.78, 5) is 17.3. The molecule has 1 amide bonds. The van der Waals surface area contributed by atoms with Crippen LogP contribution < -0.4 is 14.5 Å². The van der Waals surface area contributed by atoms with Gasteiger partial charge in [0.05, 0.1) is 17.7 Å². The van der Waals surface area contributed by atoms with Gasteiger partial charge in [-0.25, -0.2) is 0 Å². The number of benzene rings is 2. The molecule has 1 aliphatic heterocycles. The van der Waals surface area contributed by atoms with Crippen LogP contribution in [0.5, 0.6) is 5.75 Å². The summed E-state index contributed by atoms with van der Waals surface area (Å²) in [5.41, 5.74) is 2.92. The number of carbonyl (C=O) groups excluding carboxylic acids is 1. The number of ether oxygens (including phenoxy) is 1. The molecule has 0 saturated carbocycles. The zero-order valence-electron chi connectivity index (χ0n) is 15.6. The maximum absolute atomic E-state index is 12.9. The molecule has 140 valence electrons. The van der Waals surface area contributed by atoms with Crippen molar-refractivity contribution in [3.05, 3.63) is 59.0 Å². The summed E-state index contributed by atoms with van der Waals surface area (Å²) in [7, 11) is 1.61. The second kappa shape index (κ2) is 8.59. The average Bonchev–Trinajstić information content (AvgIpc) is 2.97. The summed E-state index contributed by atoms with van der Waals surface area (Å²) in [6.07, 6.45) is 1.90. The van der Waals surface area contributed by atoms with Crippen molar-refractivity contribution in [1.29, 1.82) is 0 Å². The predicted octanol–water partition coefficient (Wildman–Crippen LogP) is 4.95. The van der Waals surface area contributed by atoms with Crippen LogP contribution in [0.2, 0.25) is 0 Å². The van der Waals surface area contributed by atoms with E-state index < -0.39 is 0 Å². The fourth-order valence-electron chi connectivity index (χ4n) is 2.94. The maximum Gasteiger partial charge on any atom is 0.270 e. The number of amides is 1. The third kappa shape index (κ3) is 4.17. The standard InChI is InChI=1S/C21H22N2O2S2/c1-4-22(5-2)16-8-6-15(7-9-16)14-19-20(24)23(21(26)27-19)17-10-12-18(25-3)13-11-17/h6-14H,4-5H2,1-3H3. The third-order valence-corrected chi connectivity index (χ3v) is 5.75. The molecule has 1 saturated heterocycles. The Kier molecular flexibility index (Phi) is 6.19. The topological polar surface area (TPSA) is 32.8 Å². The first kappa shape index (κ1) is 19.5. The molecule has 0 radical (unpaired) electrons. The highest BCUT2D eigenvalue weighted by atomic mass is 32.2. The van der Waals surface area contributed by atoms with Crippen LogP contribution in [0.4, 0.5) is 11.4 Å². The van der Waals surface area contributed by atoms with Gasteiger partial charge in [0.15, 0.2) is 4.32 Å². The van der Waals surface area contributed by atoms with Crippen molar-refractivity contribution in [2.45, 2.75) is 13.8 Å². The van der Waals surface area contributed by atoms with Gasteiger partial charge >= 0.3 is 0 Å². The number of hydrogen-bond donors (Lipinski definition) is 0. The largest absolute Gasteiger partial charge is 0.497 e. The lowest BCUT2D eigenvalue weighted by Crippen LogP contribution is -2.27. The lowest BCUT2D eigenvalue weighted by Gasteiger charge is -2.20. The van der Waals surface area contributed by atoms with E-state index >= 15 is 0 Å². The van der Waals surface area contributed by atoms with E-state index in [4.69, 9.17) is 17.0 Å². The molecule has 27 heavy (non-hydrogen) atoms. The summed E-state index contributed by atoms with van der Waals surface area (Å²) >= 11 is 6.76. The Morgan fingerprint density at radius 2 is 1.70 bits per heavy atom. The number of thioether (sulfide) groups is 1. The van der Waals surface area contributed by atoms with Crippen LogP contribution in [0.1, 0.15) is 19.4 Å². The number of anilines is 2. The molecule has 3 rings (SSSR count). The lowest BCUT2D eigenvalue weighted by molar-refractivity contribution is -0.113. The van der Waals surface area contributed by atoms with Crippen LogP contribution in [0.15, 0.2) is 53.4 Å². The molecule has 0 aromatic heterocycles. The molecular weight excluding hydrogens is 376 g/mol. The van der Waals surface area contributed by atoms with Crippen molar-refractivity contribution in [2.75, 3.05) is 30.0 Å². The molecule has 0 unspecified atom stereocenters. The fraction of sp³-hybridized carbons (Fsp3) is 0.238. The molecule has 2 aromatic rings. The Balaban J connectivity index is 1.81. The fourth-order valence-corrected chi connectivity index (χ4v) is 4.24. The Morgan fingerprint density at radius 1 is 1.07 bits per heavy atom. The summed E-state index contributed by atoms with van der Waals surface area (Å²) in [6, 6.07) is 15.6. The molecule has 1 fully saturated rings. The van der Waals surface area contributed by atoms with E-state index in [9.17, 15) is 4.79 Å². The van der Waals surface area contributed by atoms with E-state index in [0.29, 0.717) is 9.23 Å². The van der Waals surface area contributed by atoms with Gasteiger partial charge in [0, 0.05) is 18.8 Å². The van der Waals surface area contributed by atoms with Crippen LogP contribution in [0.3, 0.4) is 0 Å². The van der Waals surface area contributed by atoms with E-state index in [0.717, 1.165) is 30.1 Å². The van der Waals surface area contributed by atoms with Crippen LogP contribution >= 0.6 is 24.0 Å². The Hall–Kier alpha value is -2.31. The maximum atomic E-state index is 12.9. The normalized spacial score (nSPS) is 15.5. The van der Waals surface area contributed by atoms with E-state index in [1.807, 2.05) is 42.5 Å². The second-order valence-corrected chi connectivity index (χ2v) is 7.65. The van der Waals surface area contributed by atoms with Crippen molar-refractivity contribution in [3.63, 3.8) is 0 Å². The molecule has 0 atom stereocenters. The van der Waals surface area contributed by atoms with Gasteiger partial charge < -0.3 is 9.64 Å². The van der Waals surface area contributed by atoms with Crippen LogP contribution in [-0.4, -0.2) is 30.4 Å². The summed E-state index contributed by atoms with van der Waals surface area (Å²) in [5, 5.41) is 0. The van der Waals surface area contributed by atoms with E-state index in [1.54, 1.807) is 12.0 Å². The van der Waals surface area contributed by atoms with Gasteiger partial charge in [0.1, 0.15) is 5.75 Å². The molecule has 0 N–H and O–H groups in total. The Labute approximate surface area is 169 Å². The van der Waals surface area contributed by atoms with Crippen molar-refractivity contribution in [3.8, 4) is 5.75 Å². The van der Waals surface area contributed by atoms with E-state index in [2.05, 4.69) is 30.9 Å². The zero-order valence-corrected chi connectivity index (χ0v) is 17.3. The summed E-state index contributed by atoms with van der Waals surface area (Å²) < 4.78 is 5.71. The highest BCUT2D eigenvalue weighted by molar-refractivity contribution is 8.27. The van der Waals surface area contributed by atoms with Gasteiger partial charge in [0.2, 0.25) is 0 Å².